The summed E-state index contributed by atoms with van der Waals surface area (Å²) in [4.78, 5) is 2.54. The highest BCUT2D eigenvalue weighted by Crippen LogP contribution is 2.29. The highest BCUT2D eigenvalue weighted by atomic mass is 19.1. The van der Waals surface area contributed by atoms with Crippen LogP contribution in [-0.2, 0) is 10.2 Å². The Balaban J connectivity index is 1.93. The van der Waals surface area contributed by atoms with E-state index < -0.39 is 0 Å². The van der Waals surface area contributed by atoms with Crippen LogP contribution in [-0.4, -0.2) is 37.7 Å². The monoisotopic (exact) mass is 279 g/mol. The first-order valence-electron chi connectivity index (χ1n) is 7.52. The second kappa shape index (κ2) is 6.68. The molecule has 112 valence electrons. The number of halogens is 1. The van der Waals surface area contributed by atoms with E-state index in [-0.39, 0.29) is 11.2 Å². The number of hydrogen-bond donors (Lipinski definition) is 0. The van der Waals surface area contributed by atoms with Gasteiger partial charge in [0.1, 0.15) is 5.82 Å². The van der Waals surface area contributed by atoms with Crippen molar-refractivity contribution in [3.05, 3.63) is 35.6 Å². The van der Waals surface area contributed by atoms with Crippen molar-refractivity contribution in [1.29, 1.82) is 0 Å². The molecular formula is C17H26FNO. The predicted octanol–water partition coefficient (Wildman–Crippen LogP) is 3.60. The third-order valence-electron chi connectivity index (χ3n) is 4.51. The molecule has 20 heavy (non-hydrogen) atoms. The molecule has 1 aromatic carbocycles. The van der Waals surface area contributed by atoms with Crippen molar-refractivity contribution >= 4 is 0 Å². The van der Waals surface area contributed by atoms with Crippen molar-refractivity contribution in [2.24, 2.45) is 0 Å². The van der Waals surface area contributed by atoms with Crippen LogP contribution >= 0.6 is 0 Å². The van der Waals surface area contributed by atoms with Gasteiger partial charge in [-0.15, -0.1) is 0 Å². The topological polar surface area (TPSA) is 12.5 Å². The first-order valence-corrected chi connectivity index (χ1v) is 7.52. The van der Waals surface area contributed by atoms with Gasteiger partial charge in [-0.05, 0) is 55.5 Å². The van der Waals surface area contributed by atoms with E-state index >= 15 is 0 Å². The molecule has 1 fully saturated rings. The van der Waals surface area contributed by atoms with Gasteiger partial charge >= 0.3 is 0 Å². The number of ether oxygens (including phenoxy) is 1. The third kappa shape index (κ3) is 3.80. The van der Waals surface area contributed by atoms with Gasteiger partial charge in [0.15, 0.2) is 0 Å². The summed E-state index contributed by atoms with van der Waals surface area (Å²) in [5.41, 5.74) is 1.29. The van der Waals surface area contributed by atoms with E-state index in [0.29, 0.717) is 6.04 Å². The van der Waals surface area contributed by atoms with Crippen LogP contribution in [0.4, 0.5) is 4.39 Å². The zero-order valence-electron chi connectivity index (χ0n) is 12.9. The number of benzene rings is 1. The van der Waals surface area contributed by atoms with Crippen LogP contribution in [0.2, 0.25) is 0 Å². The maximum absolute atomic E-state index is 13.0. The Kier molecular flexibility index (Phi) is 5.17. The molecule has 1 aromatic rings. The molecule has 1 aliphatic heterocycles. The van der Waals surface area contributed by atoms with E-state index in [4.69, 9.17) is 4.74 Å². The first-order chi connectivity index (χ1) is 9.53. The van der Waals surface area contributed by atoms with Gasteiger partial charge in [-0.2, -0.15) is 0 Å². The van der Waals surface area contributed by atoms with Crippen molar-refractivity contribution in [1.82, 2.24) is 4.90 Å². The van der Waals surface area contributed by atoms with E-state index in [1.165, 1.54) is 24.9 Å². The van der Waals surface area contributed by atoms with Gasteiger partial charge in [-0.3, -0.25) is 4.90 Å². The Bertz CT molecular complexity index is 416. The Hall–Kier alpha value is -0.930. The minimum atomic E-state index is -0.163. The predicted molar refractivity (Wildman–Crippen MR) is 80.5 cm³/mol. The summed E-state index contributed by atoms with van der Waals surface area (Å²) < 4.78 is 18.3. The molecule has 3 heteroatoms. The highest BCUT2D eigenvalue weighted by molar-refractivity contribution is 5.24. The van der Waals surface area contributed by atoms with Gasteiger partial charge in [0, 0.05) is 13.2 Å². The fourth-order valence-electron chi connectivity index (χ4n) is 3.04. The lowest BCUT2D eigenvalue weighted by Crippen LogP contribution is -2.36. The zero-order valence-corrected chi connectivity index (χ0v) is 12.9. The van der Waals surface area contributed by atoms with Gasteiger partial charge in [-0.25, -0.2) is 4.39 Å². The molecule has 1 atom stereocenters. The molecule has 0 unspecified atom stereocenters. The quantitative estimate of drug-likeness (QED) is 0.789. The summed E-state index contributed by atoms with van der Waals surface area (Å²) in [6, 6.07) is 7.50. The van der Waals surface area contributed by atoms with Crippen molar-refractivity contribution < 1.29 is 9.13 Å². The molecule has 0 saturated carbocycles. The first kappa shape index (κ1) is 15.5. The lowest BCUT2D eigenvalue weighted by molar-refractivity contribution is 0.111. The second-order valence-corrected chi connectivity index (χ2v) is 6.43. The second-order valence-electron chi connectivity index (χ2n) is 6.43. The van der Waals surface area contributed by atoms with Crippen LogP contribution in [0.15, 0.2) is 24.3 Å². The average molecular weight is 279 g/mol. The summed E-state index contributed by atoms with van der Waals surface area (Å²) in [7, 11) is 1.78. The van der Waals surface area contributed by atoms with E-state index in [0.717, 1.165) is 19.6 Å². The summed E-state index contributed by atoms with van der Waals surface area (Å²) in [6.45, 7) is 7.56. The van der Waals surface area contributed by atoms with Crippen molar-refractivity contribution in [3.63, 3.8) is 0 Å². The van der Waals surface area contributed by atoms with Gasteiger partial charge in [-0.1, -0.05) is 26.0 Å². The minimum absolute atomic E-state index is 0.0773. The average Bonchev–Trinajstić information content (AvgIpc) is 2.85. The molecule has 0 radical (unpaired) electrons. The lowest BCUT2D eigenvalue weighted by atomic mass is 9.81. The molecule has 0 spiro atoms. The SMILES string of the molecule is COC[C@H]1CCCN1CCC(C)(C)c1ccc(F)cc1. The van der Waals surface area contributed by atoms with Crippen molar-refractivity contribution in [2.45, 2.75) is 44.6 Å². The highest BCUT2D eigenvalue weighted by Gasteiger charge is 2.27. The van der Waals surface area contributed by atoms with Crippen LogP contribution in [0.3, 0.4) is 0 Å². The maximum Gasteiger partial charge on any atom is 0.123 e. The van der Waals surface area contributed by atoms with E-state index in [9.17, 15) is 4.39 Å². The fraction of sp³-hybridized carbons (Fsp3) is 0.647. The van der Waals surface area contributed by atoms with Crippen molar-refractivity contribution in [3.8, 4) is 0 Å². The standard InChI is InChI=1S/C17H26FNO/c1-17(2,14-6-8-15(18)9-7-14)10-12-19-11-4-5-16(19)13-20-3/h6-9,16H,4-5,10-13H2,1-3H3/t16-/m1/s1. The molecule has 2 rings (SSSR count). The minimum Gasteiger partial charge on any atom is -0.383 e. The van der Waals surface area contributed by atoms with Gasteiger partial charge in [0.2, 0.25) is 0 Å². The Morgan fingerprint density at radius 1 is 1.30 bits per heavy atom. The Morgan fingerprint density at radius 3 is 2.65 bits per heavy atom. The van der Waals surface area contributed by atoms with Crippen LogP contribution < -0.4 is 0 Å². The van der Waals surface area contributed by atoms with E-state index in [1.54, 1.807) is 19.2 Å². The summed E-state index contributed by atoms with van der Waals surface area (Å²) >= 11 is 0. The van der Waals surface area contributed by atoms with E-state index in [1.807, 2.05) is 12.1 Å². The fourth-order valence-corrected chi connectivity index (χ4v) is 3.04. The van der Waals surface area contributed by atoms with E-state index in [2.05, 4.69) is 18.7 Å². The molecule has 2 nitrogen and oxygen atoms in total. The number of hydrogen-bond acceptors (Lipinski definition) is 2. The molecule has 1 aliphatic rings. The Morgan fingerprint density at radius 2 is 2.00 bits per heavy atom. The lowest BCUT2D eigenvalue weighted by Gasteiger charge is -2.30. The maximum atomic E-state index is 13.0. The molecule has 0 N–H and O–H groups in total. The van der Waals surface area contributed by atoms with Gasteiger partial charge < -0.3 is 4.74 Å². The number of methoxy groups -OCH3 is 1. The number of rotatable bonds is 6. The summed E-state index contributed by atoms with van der Waals surface area (Å²) in [5.74, 6) is -0.163. The molecule has 0 amide bonds. The molecular weight excluding hydrogens is 253 g/mol. The van der Waals surface area contributed by atoms with Crippen LogP contribution in [0.1, 0.15) is 38.7 Å². The Labute approximate surface area is 121 Å². The van der Waals surface area contributed by atoms with Crippen LogP contribution in [0.5, 0.6) is 0 Å². The normalized spacial score (nSPS) is 20.5. The zero-order chi connectivity index (χ0) is 14.6. The molecule has 0 aromatic heterocycles. The number of nitrogens with zero attached hydrogens (tertiary/aromatic N) is 1. The largest absolute Gasteiger partial charge is 0.383 e. The smallest absolute Gasteiger partial charge is 0.123 e. The van der Waals surface area contributed by atoms with Crippen LogP contribution in [0.25, 0.3) is 0 Å². The van der Waals surface area contributed by atoms with Crippen LogP contribution in [0, 0.1) is 5.82 Å². The van der Waals surface area contributed by atoms with Crippen molar-refractivity contribution in [2.75, 3.05) is 26.8 Å². The third-order valence-corrected chi connectivity index (χ3v) is 4.51. The molecule has 1 heterocycles. The summed E-state index contributed by atoms with van der Waals surface area (Å²) in [5, 5.41) is 0. The number of likely N-dealkylation sites (tertiary alicyclic amines) is 1. The van der Waals surface area contributed by atoms with Gasteiger partial charge in [0.25, 0.3) is 0 Å². The summed E-state index contributed by atoms with van der Waals surface area (Å²) in [6.07, 6.45) is 3.59. The van der Waals surface area contributed by atoms with Gasteiger partial charge in [0.05, 0.1) is 6.61 Å². The molecule has 0 bridgehead atoms. The molecule has 1 saturated heterocycles. The molecule has 0 aliphatic carbocycles.